The second-order valence-corrected chi connectivity index (χ2v) is 2.92. The van der Waals surface area contributed by atoms with E-state index in [4.69, 9.17) is 5.73 Å². The van der Waals surface area contributed by atoms with Crippen LogP contribution in [0.5, 0.6) is 0 Å². The summed E-state index contributed by atoms with van der Waals surface area (Å²) >= 11 is 0. The molecule has 1 aliphatic rings. The van der Waals surface area contributed by atoms with Crippen molar-refractivity contribution in [2.24, 2.45) is 5.73 Å². The van der Waals surface area contributed by atoms with E-state index >= 15 is 0 Å². The fraction of sp³-hybridized carbons (Fsp3) is 0.333. The van der Waals surface area contributed by atoms with Crippen LogP contribution in [-0.2, 0) is 14.3 Å². The monoisotopic (exact) mass is 212 g/mol. The first-order chi connectivity index (χ1) is 7.09. The molecule has 0 saturated carbocycles. The number of hydrogen-bond acceptors (Lipinski definition) is 5. The molecule has 0 aromatic carbocycles. The molecule has 0 saturated heterocycles. The Hall–Kier alpha value is -1.98. The number of ether oxygens (including phenoxy) is 2. The second-order valence-electron chi connectivity index (χ2n) is 2.92. The lowest BCUT2D eigenvalue weighted by Gasteiger charge is -2.15. The van der Waals surface area contributed by atoms with Crippen LogP contribution in [0.4, 0.5) is 4.79 Å². The smallest absolute Gasteiger partial charge is 0.407 e. The molecule has 1 aliphatic heterocycles. The lowest BCUT2D eigenvalue weighted by molar-refractivity contribution is -0.147. The largest absolute Gasteiger partial charge is 0.424 e. The predicted octanol–water partition coefficient (Wildman–Crippen LogP) is 0.316. The quantitative estimate of drug-likeness (QED) is 0.538. The van der Waals surface area contributed by atoms with Crippen LogP contribution in [0.25, 0.3) is 0 Å². The molecule has 0 fully saturated rings. The molecule has 0 radical (unpaired) electrons. The Balaban J connectivity index is 2.37. The highest BCUT2D eigenvalue weighted by molar-refractivity contribution is 5.88. The Bertz CT molecular complexity index is 322. The molecule has 0 atom stereocenters. The maximum absolute atomic E-state index is 11.3. The summed E-state index contributed by atoms with van der Waals surface area (Å²) in [5.41, 5.74) is 5.19. The normalized spacial score (nSPS) is 14.5. The van der Waals surface area contributed by atoms with E-state index < -0.39 is 18.9 Å². The van der Waals surface area contributed by atoms with Crippen molar-refractivity contribution < 1.29 is 19.1 Å². The van der Waals surface area contributed by atoms with E-state index in [2.05, 4.69) is 9.47 Å². The molecule has 1 rings (SSSR count). The first-order valence-electron chi connectivity index (χ1n) is 4.28. The molecule has 15 heavy (non-hydrogen) atoms. The molecule has 6 nitrogen and oxygen atoms in total. The van der Waals surface area contributed by atoms with Gasteiger partial charge in [-0.15, -0.1) is 0 Å². The van der Waals surface area contributed by atoms with Gasteiger partial charge >= 0.3 is 12.1 Å². The third-order valence-electron chi connectivity index (χ3n) is 1.69. The first-order valence-corrected chi connectivity index (χ1v) is 4.28. The van der Waals surface area contributed by atoms with Crippen LogP contribution in [0.15, 0.2) is 24.0 Å². The molecule has 0 aromatic rings. The second kappa shape index (κ2) is 5.04. The van der Waals surface area contributed by atoms with Crippen LogP contribution in [0.2, 0.25) is 0 Å². The molecule has 0 bridgehead atoms. The Morgan fingerprint density at radius 3 is 2.87 bits per heavy atom. The Kier molecular flexibility index (Phi) is 3.73. The van der Waals surface area contributed by atoms with E-state index in [9.17, 15) is 9.59 Å². The van der Waals surface area contributed by atoms with Crippen molar-refractivity contribution >= 4 is 12.1 Å². The van der Waals surface area contributed by atoms with Crippen molar-refractivity contribution in [1.29, 1.82) is 0 Å². The van der Waals surface area contributed by atoms with Gasteiger partial charge in [0.2, 0.25) is 6.79 Å². The number of hydrogen-bond donors (Lipinski definition) is 1. The molecule has 0 spiro atoms. The van der Waals surface area contributed by atoms with Gasteiger partial charge < -0.3 is 20.1 Å². The maximum Gasteiger partial charge on any atom is 0.407 e. The minimum Gasteiger partial charge on any atom is -0.424 e. The molecule has 0 unspecified atom stereocenters. The molecule has 1 heterocycles. The summed E-state index contributed by atoms with van der Waals surface area (Å²) in [6.07, 6.45) is 4.83. The number of primary amides is 1. The van der Waals surface area contributed by atoms with Crippen LogP contribution < -0.4 is 5.73 Å². The molecule has 0 aliphatic carbocycles. The van der Waals surface area contributed by atoms with Gasteiger partial charge in [-0.25, -0.2) is 9.59 Å². The molecule has 6 heteroatoms. The summed E-state index contributed by atoms with van der Waals surface area (Å²) in [7, 11) is 1.79. The van der Waals surface area contributed by atoms with E-state index in [1.54, 1.807) is 18.1 Å². The highest BCUT2D eigenvalue weighted by Gasteiger charge is 2.13. The van der Waals surface area contributed by atoms with E-state index in [1.165, 1.54) is 0 Å². The fourth-order valence-electron chi connectivity index (χ4n) is 1.06. The molecule has 1 amide bonds. The van der Waals surface area contributed by atoms with Crippen LogP contribution in [-0.4, -0.2) is 30.8 Å². The number of allylic oxidation sites excluding steroid dienone is 1. The van der Waals surface area contributed by atoms with Gasteiger partial charge in [0, 0.05) is 19.7 Å². The van der Waals surface area contributed by atoms with Crippen molar-refractivity contribution in [3.63, 3.8) is 0 Å². The number of carbonyl (C=O) groups excluding carboxylic acids is 2. The number of nitrogens with zero attached hydrogens (tertiary/aromatic N) is 1. The van der Waals surface area contributed by atoms with Crippen LogP contribution in [0.1, 0.15) is 6.42 Å². The SMILES string of the molecule is CN1C=CCC(C(=O)OCOC(N)=O)=C1. The zero-order valence-corrected chi connectivity index (χ0v) is 8.30. The van der Waals surface area contributed by atoms with Crippen molar-refractivity contribution in [3.8, 4) is 0 Å². The predicted molar refractivity (Wildman–Crippen MR) is 51.2 cm³/mol. The summed E-state index contributed by atoms with van der Waals surface area (Å²) in [5.74, 6) is -0.521. The van der Waals surface area contributed by atoms with Crippen molar-refractivity contribution in [3.05, 3.63) is 24.0 Å². The van der Waals surface area contributed by atoms with Crippen LogP contribution in [0, 0.1) is 0 Å². The molecule has 2 N–H and O–H groups in total. The highest BCUT2D eigenvalue weighted by Crippen LogP contribution is 2.11. The zero-order valence-electron chi connectivity index (χ0n) is 8.30. The third kappa shape index (κ3) is 3.72. The summed E-state index contributed by atoms with van der Waals surface area (Å²) in [4.78, 5) is 23.3. The highest BCUT2D eigenvalue weighted by atomic mass is 16.7. The van der Waals surface area contributed by atoms with Gasteiger partial charge in [0.15, 0.2) is 0 Å². The van der Waals surface area contributed by atoms with Crippen molar-refractivity contribution in [1.82, 2.24) is 4.90 Å². The molecule has 0 aromatic heterocycles. The molecule has 82 valence electrons. The third-order valence-corrected chi connectivity index (χ3v) is 1.69. The van der Waals surface area contributed by atoms with Gasteiger partial charge in [-0.05, 0) is 6.20 Å². The maximum atomic E-state index is 11.3. The Labute approximate surface area is 86.9 Å². The van der Waals surface area contributed by atoms with E-state index in [0.29, 0.717) is 12.0 Å². The number of carbonyl (C=O) groups is 2. The number of amides is 1. The van der Waals surface area contributed by atoms with E-state index in [0.717, 1.165) is 0 Å². The fourth-order valence-corrected chi connectivity index (χ4v) is 1.06. The summed E-state index contributed by atoms with van der Waals surface area (Å²) in [6.45, 7) is -0.459. The van der Waals surface area contributed by atoms with Gasteiger partial charge in [0.05, 0.1) is 5.57 Å². The van der Waals surface area contributed by atoms with Crippen LogP contribution in [0.3, 0.4) is 0 Å². The summed E-state index contributed by atoms with van der Waals surface area (Å²) in [6, 6.07) is 0. The van der Waals surface area contributed by atoms with Crippen molar-refractivity contribution in [2.75, 3.05) is 13.8 Å². The van der Waals surface area contributed by atoms with Crippen LogP contribution >= 0.6 is 0 Å². The molecular weight excluding hydrogens is 200 g/mol. The lowest BCUT2D eigenvalue weighted by Crippen LogP contribution is -2.19. The first kappa shape index (κ1) is 11.1. The Morgan fingerprint density at radius 2 is 2.27 bits per heavy atom. The standard InChI is InChI=1S/C9H12N2O4/c1-11-4-2-3-7(5-11)8(12)14-6-15-9(10)13/h2,4-5H,3,6H2,1H3,(H2,10,13). The summed E-state index contributed by atoms with van der Waals surface area (Å²) in [5, 5.41) is 0. The van der Waals surface area contributed by atoms with Gasteiger partial charge in [0.25, 0.3) is 0 Å². The molecular formula is C9H12N2O4. The van der Waals surface area contributed by atoms with E-state index in [1.807, 2.05) is 12.3 Å². The van der Waals surface area contributed by atoms with Gasteiger partial charge in [0.1, 0.15) is 0 Å². The average molecular weight is 212 g/mol. The number of esters is 1. The van der Waals surface area contributed by atoms with Gasteiger partial charge in [-0.1, -0.05) is 6.08 Å². The van der Waals surface area contributed by atoms with Gasteiger partial charge in [-0.2, -0.15) is 0 Å². The minimum atomic E-state index is -0.975. The summed E-state index contributed by atoms with van der Waals surface area (Å²) < 4.78 is 8.92. The van der Waals surface area contributed by atoms with E-state index in [-0.39, 0.29) is 0 Å². The topological polar surface area (TPSA) is 81.9 Å². The lowest BCUT2D eigenvalue weighted by atomic mass is 10.1. The average Bonchev–Trinajstić information content (AvgIpc) is 2.17. The zero-order chi connectivity index (χ0) is 11.3. The number of rotatable bonds is 3. The van der Waals surface area contributed by atoms with Gasteiger partial charge in [-0.3, -0.25) is 0 Å². The minimum absolute atomic E-state index is 0.459. The van der Waals surface area contributed by atoms with Crippen molar-refractivity contribution in [2.45, 2.75) is 6.42 Å². The Morgan fingerprint density at radius 1 is 1.53 bits per heavy atom. The number of nitrogens with two attached hydrogens (primary N) is 1.